The van der Waals surface area contributed by atoms with Crippen molar-refractivity contribution < 1.29 is 4.79 Å². The molecule has 1 rings (SSSR count). The minimum Gasteiger partial charge on any atom is -0.344 e. The van der Waals surface area contributed by atoms with Gasteiger partial charge in [0.15, 0.2) is 0 Å². The molecular weight excluding hydrogens is 277 g/mol. The summed E-state index contributed by atoms with van der Waals surface area (Å²) in [5.41, 5.74) is 0. The summed E-state index contributed by atoms with van der Waals surface area (Å²) in [5, 5.41) is 3.51. The summed E-state index contributed by atoms with van der Waals surface area (Å²) in [6, 6.07) is 5.15. The minimum absolute atomic E-state index is 0.121. The van der Waals surface area contributed by atoms with E-state index in [1.54, 1.807) is 25.1 Å². The standard InChI is InChI=1S/C12H11Cl2NOS/c1-3-6-15-12(16)8(2)17-11-7-9(13)4-5-10(11)14/h1,4-5,7-8H,6H2,2H3,(H,15,16). The molecule has 0 aliphatic rings. The lowest BCUT2D eigenvalue weighted by atomic mass is 10.4. The molecule has 0 radical (unpaired) electrons. The number of thioether (sulfide) groups is 1. The van der Waals surface area contributed by atoms with Gasteiger partial charge in [-0.05, 0) is 25.1 Å². The highest BCUT2D eigenvalue weighted by Crippen LogP contribution is 2.32. The van der Waals surface area contributed by atoms with Gasteiger partial charge in [-0.3, -0.25) is 4.79 Å². The highest BCUT2D eigenvalue weighted by molar-refractivity contribution is 8.00. The Balaban J connectivity index is 2.67. The molecule has 0 aromatic heterocycles. The molecule has 1 aromatic rings. The van der Waals surface area contributed by atoms with Crippen LogP contribution >= 0.6 is 35.0 Å². The van der Waals surface area contributed by atoms with E-state index in [0.717, 1.165) is 4.90 Å². The van der Waals surface area contributed by atoms with Gasteiger partial charge in [0, 0.05) is 9.92 Å². The molecule has 0 spiro atoms. The third-order valence-corrected chi connectivity index (χ3v) is 3.77. The van der Waals surface area contributed by atoms with Crippen LogP contribution in [0, 0.1) is 12.3 Å². The number of nitrogens with one attached hydrogen (secondary N) is 1. The molecule has 0 heterocycles. The van der Waals surface area contributed by atoms with E-state index in [4.69, 9.17) is 29.6 Å². The molecule has 1 amide bonds. The van der Waals surface area contributed by atoms with Crippen molar-refractivity contribution in [3.05, 3.63) is 28.2 Å². The quantitative estimate of drug-likeness (QED) is 0.681. The summed E-state index contributed by atoms with van der Waals surface area (Å²) in [6.45, 7) is 2.01. The van der Waals surface area contributed by atoms with Crippen molar-refractivity contribution in [3.8, 4) is 12.3 Å². The Morgan fingerprint density at radius 2 is 2.29 bits per heavy atom. The second-order valence-corrected chi connectivity index (χ2v) is 5.48. The number of hydrogen-bond acceptors (Lipinski definition) is 2. The van der Waals surface area contributed by atoms with Crippen molar-refractivity contribution >= 4 is 40.9 Å². The maximum atomic E-state index is 11.6. The van der Waals surface area contributed by atoms with Crippen LogP contribution < -0.4 is 5.32 Å². The SMILES string of the molecule is C#CCNC(=O)C(C)Sc1cc(Cl)ccc1Cl. The van der Waals surface area contributed by atoms with Crippen LogP contribution in [0.2, 0.25) is 10.0 Å². The Bertz CT molecular complexity index is 456. The van der Waals surface area contributed by atoms with Crippen molar-refractivity contribution in [2.45, 2.75) is 17.1 Å². The summed E-state index contributed by atoms with van der Waals surface area (Å²) in [7, 11) is 0. The summed E-state index contributed by atoms with van der Waals surface area (Å²) < 4.78 is 0. The number of terminal acetylenes is 1. The molecule has 0 fully saturated rings. The lowest BCUT2D eigenvalue weighted by Crippen LogP contribution is -2.31. The zero-order valence-electron chi connectivity index (χ0n) is 9.17. The van der Waals surface area contributed by atoms with Crippen molar-refractivity contribution in [1.82, 2.24) is 5.32 Å². The highest BCUT2D eigenvalue weighted by Gasteiger charge is 2.15. The molecule has 1 aromatic carbocycles. The third kappa shape index (κ3) is 4.51. The monoisotopic (exact) mass is 287 g/mol. The fraction of sp³-hybridized carbons (Fsp3) is 0.250. The fourth-order valence-corrected chi connectivity index (χ4v) is 2.53. The van der Waals surface area contributed by atoms with Crippen LogP contribution in [0.15, 0.2) is 23.1 Å². The molecule has 0 aliphatic heterocycles. The third-order valence-electron chi connectivity index (χ3n) is 1.93. The molecule has 17 heavy (non-hydrogen) atoms. The van der Waals surface area contributed by atoms with Gasteiger partial charge in [-0.2, -0.15) is 0 Å². The van der Waals surface area contributed by atoms with Crippen molar-refractivity contribution in [2.75, 3.05) is 6.54 Å². The first-order valence-corrected chi connectivity index (χ1v) is 6.51. The van der Waals surface area contributed by atoms with Crippen LogP contribution in [0.1, 0.15) is 6.92 Å². The Morgan fingerprint density at radius 1 is 1.59 bits per heavy atom. The van der Waals surface area contributed by atoms with Crippen molar-refractivity contribution in [1.29, 1.82) is 0 Å². The molecule has 90 valence electrons. The molecule has 1 unspecified atom stereocenters. The summed E-state index contributed by atoms with van der Waals surface area (Å²) in [6.07, 6.45) is 5.06. The topological polar surface area (TPSA) is 29.1 Å². The van der Waals surface area contributed by atoms with Crippen LogP contribution in [0.4, 0.5) is 0 Å². The number of carbonyl (C=O) groups is 1. The van der Waals surface area contributed by atoms with E-state index in [0.29, 0.717) is 10.0 Å². The Hall–Kier alpha value is -0.820. The number of carbonyl (C=O) groups excluding carboxylic acids is 1. The van der Waals surface area contributed by atoms with E-state index >= 15 is 0 Å². The molecule has 0 bridgehead atoms. The molecule has 0 aliphatic carbocycles. The van der Waals surface area contributed by atoms with E-state index in [2.05, 4.69) is 11.2 Å². The molecule has 0 saturated carbocycles. The van der Waals surface area contributed by atoms with Crippen LogP contribution in [0.25, 0.3) is 0 Å². The molecular formula is C12H11Cl2NOS. The van der Waals surface area contributed by atoms with Crippen LogP contribution in [-0.4, -0.2) is 17.7 Å². The Kier molecular flexibility index (Phi) is 5.70. The van der Waals surface area contributed by atoms with Gasteiger partial charge in [0.2, 0.25) is 5.91 Å². The fourth-order valence-electron chi connectivity index (χ4n) is 1.09. The predicted molar refractivity (Wildman–Crippen MR) is 73.6 cm³/mol. The van der Waals surface area contributed by atoms with Gasteiger partial charge in [0.05, 0.1) is 16.8 Å². The smallest absolute Gasteiger partial charge is 0.233 e. The first kappa shape index (κ1) is 14.2. The lowest BCUT2D eigenvalue weighted by Gasteiger charge is -2.11. The summed E-state index contributed by atoms with van der Waals surface area (Å²) in [5.74, 6) is 2.23. The maximum absolute atomic E-state index is 11.6. The van der Waals surface area contributed by atoms with Gasteiger partial charge in [-0.25, -0.2) is 0 Å². The van der Waals surface area contributed by atoms with Crippen molar-refractivity contribution in [2.24, 2.45) is 0 Å². The van der Waals surface area contributed by atoms with Crippen molar-refractivity contribution in [3.63, 3.8) is 0 Å². The molecule has 1 atom stereocenters. The largest absolute Gasteiger partial charge is 0.344 e. The van der Waals surface area contributed by atoms with E-state index in [9.17, 15) is 4.79 Å². The first-order valence-electron chi connectivity index (χ1n) is 4.87. The van der Waals surface area contributed by atoms with Crippen LogP contribution in [0.5, 0.6) is 0 Å². The second-order valence-electron chi connectivity index (χ2n) is 3.26. The number of halogens is 2. The van der Waals surface area contributed by atoms with Gasteiger partial charge in [0.1, 0.15) is 0 Å². The van der Waals surface area contributed by atoms with E-state index in [1.165, 1.54) is 11.8 Å². The zero-order valence-corrected chi connectivity index (χ0v) is 11.5. The average Bonchev–Trinajstić information content (AvgIpc) is 2.30. The number of rotatable bonds is 4. The highest BCUT2D eigenvalue weighted by atomic mass is 35.5. The zero-order chi connectivity index (χ0) is 12.8. The summed E-state index contributed by atoms with van der Waals surface area (Å²) in [4.78, 5) is 12.4. The second kappa shape index (κ2) is 6.80. The maximum Gasteiger partial charge on any atom is 0.233 e. The van der Waals surface area contributed by atoms with Crippen LogP contribution in [0.3, 0.4) is 0 Å². The number of hydrogen-bond donors (Lipinski definition) is 1. The normalized spacial score (nSPS) is 11.6. The molecule has 1 N–H and O–H groups in total. The van der Waals surface area contributed by atoms with Gasteiger partial charge in [-0.1, -0.05) is 29.1 Å². The Morgan fingerprint density at radius 3 is 2.94 bits per heavy atom. The molecule has 5 heteroatoms. The van der Waals surface area contributed by atoms with Gasteiger partial charge >= 0.3 is 0 Å². The molecule has 2 nitrogen and oxygen atoms in total. The van der Waals surface area contributed by atoms with E-state index in [1.807, 2.05) is 0 Å². The summed E-state index contributed by atoms with van der Waals surface area (Å²) >= 11 is 13.2. The van der Waals surface area contributed by atoms with Gasteiger partial charge < -0.3 is 5.32 Å². The van der Waals surface area contributed by atoms with E-state index < -0.39 is 0 Å². The molecule has 0 saturated heterocycles. The number of benzene rings is 1. The Labute approximate surface area is 115 Å². The van der Waals surface area contributed by atoms with Gasteiger partial charge in [-0.15, -0.1) is 18.2 Å². The minimum atomic E-state index is -0.278. The lowest BCUT2D eigenvalue weighted by molar-refractivity contribution is -0.120. The number of amides is 1. The predicted octanol–water partition coefficient (Wildman–Crippen LogP) is 3.22. The first-order chi connectivity index (χ1) is 8.04. The van der Waals surface area contributed by atoms with Crippen LogP contribution in [-0.2, 0) is 4.79 Å². The van der Waals surface area contributed by atoms with Gasteiger partial charge in [0.25, 0.3) is 0 Å². The average molecular weight is 288 g/mol. The van der Waals surface area contributed by atoms with E-state index in [-0.39, 0.29) is 17.7 Å².